The summed E-state index contributed by atoms with van der Waals surface area (Å²) in [7, 11) is 0. The minimum absolute atomic E-state index is 0.248. The molecular formula is C6H11Cl. The van der Waals surface area contributed by atoms with Crippen LogP contribution in [-0.4, -0.2) is 5.38 Å². The predicted molar refractivity (Wildman–Crippen MR) is 34.7 cm³/mol. The lowest BCUT2D eigenvalue weighted by molar-refractivity contribution is 0.919. The zero-order valence-corrected chi connectivity index (χ0v) is 5.63. The first-order chi connectivity index (χ1) is 3.13. The van der Waals surface area contributed by atoms with Gasteiger partial charge in [-0.3, -0.25) is 0 Å². The standard InChI is InChI=1S/C6H11Cl/c1-5(2)4-6(3)7/h6H,1,4H2,2-3H3. The smallest absolute Gasteiger partial charge is 0.0344 e. The Morgan fingerprint density at radius 3 is 2.29 bits per heavy atom. The Kier molecular flexibility index (Phi) is 3.10. The van der Waals surface area contributed by atoms with Gasteiger partial charge in [0.15, 0.2) is 0 Å². The fourth-order valence-electron chi connectivity index (χ4n) is 0.480. The molecule has 0 spiro atoms. The number of allylic oxidation sites excluding steroid dienone is 1. The SMILES string of the molecule is C=C(C)CC(C)Cl. The molecule has 0 aliphatic heterocycles. The van der Waals surface area contributed by atoms with E-state index < -0.39 is 0 Å². The van der Waals surface area contributed by atoms with Crippen molar-refractivity contribution in [1.29, 1.82) is 0 Å². The summed E-state index contributed by atoms with van der Waals surface area (Å²) in [6, 6.07) is 0. The molecule has 1 atom stereocenters. The van der Waals surface area contributed by atoms with E-state index in [2.05, 4.69) is 6.58 Å². The monoisotopic (exact) mass is 118 g/mol. The van der Waals surface area contributed by atoms with E-state index in [1.807, 2.05) is 13.8 Å². The van der Waals surface area contributed by atoms with E-state index in [1.54, 1.807) is 0 Å². The van der Waals surface area contributed by atoms with Gasteiger partial charge in [-0.15, -0.1) is 18.2 Å². The average Bonchev–Trinajstić information content (AvgIpc) is 1.27. The first-order valence-corrected chi connectivity index (χ1v) is 2.85. The number of hydrogen-bond acceptors (Lipinski definition) is 0. The summed E-state index contributed by atoms with van der Waals surface area (Å²) in [5.41, 5.74) is 1.16. The maximum absolute atomic E-state index is 5.61. The van der Waals surface area contributed by atoms with Crippen LogP contribution in [0.4, 0.5) is 0 Å². The highest BCUT2D eigenvalue weighted by Crippen LogP contribution is 2.05. The molecule has 0 rings (SSSR count). The van der Waals surface area contributed by atoms with Crippen LogP contribution in [0.5, 0.6) is 0 Å². The molecule has 0 radical (unpaired) electrons. The number of alkyl halides is 1. The van der Waals surface area contributed by atoms with Crippen LogP contribution in [0.25, 0.3) is 0 Å². The number of halogens is 1. The van der Waals surface area contributed by atoms with Gasteiger partial charge in [-0.05, 0) is 20.3 Å². The Morgan fingerprint density at radius 2 is 2.29 bits per heavy atom. The van der Waals surface area contributed by atoms with E-state index in [4.69, 9.17) is 11.6 Å². The van der Waals surface area contributed by atoms with Gasteiger partial charge in [-0.25, -0.2) is 0 Å². The van der Waals surface area contributed by atoms with Crippen LogP contribution in [0.2, 0.25) is 0 Å². The summed E-state index contributed by atoms with van der Waals surface area (Å²) >= 11 is 5.61. The third-order valence-electron chi connectivity index (χ3n) is 0.630. The molecule has 0 aromatic heterocycles. The normalized spacial score (nSPS) is 13.6. The lowest BCUT2D eigenvalue weighted by atomic mass is 10.2. The van der Waals surface area contributed by atoms with Crippen molar-refractivity contribution in [3.05, 3.63) is 12.2 Å². The maximum atomic E-state index is 5.61. The Balaban J connectivity index is 3.13. The number of rotatable bonds is 2. The highest BCUT2D eigenvalue weighted by molar-refractivity contribution is 6.20. The molecule has 7 heavy (non-hydrogen) atoms. The third-order valence-corrected chi connectivity index (χ3v) is 0.784. The average molecular weight is 119 g/mol. The summed E-state index contributed by atoms with van der Waals surface area (Å²) in [5, 5.41) is 0.248. The Bertz CT molecular complexity index is 64.6. The highest BCUT2D eigenvalue weighted by atomic mass is 35.5. The highest BCUT2D eigenvalue weighted by Gasteiger charge is 1.92. The van der Waals surface area contributed by atoms with E-state index in [1.165, 1.54) is 0 Å². The summed E-state index contributed by atoms with van der Waals surface area (Å²) < 4.78 is 0. The molecule has 1 heteroatoms. The molecule has 0 heterocycles. The molecule has 0 bridgehead atoms. The minimum Gasteiger partial charge on any atom is -0.123 e. The third kappa shape index (κ3) is 6.03. The summed E-state index contributed by atoms with van der Waals surface area (Å²) in [4.78, 5) is 0. The molecule has 0 aromatic carbocycles. The van der Waals surface area contributed by atoms with E-state index >= 15 is 0 Å². The summed E-state index contributed by atoms with van der Waals surface area (Å²) in [6.07, 6.45) is 0.932. The zero-order valence-electron chi connectivity index (χ0n) is 4.87. The Labute approximate surface area is 50.2 Å². The fraction of sp³-hybridized carbons (Fsp3) is 0.667. The van der Waals surface area contributed by atoms with Crippen molar-refractivity contribution in [3.8, 4) is 0 Å². The molecule has 0 aliphatic carbocycles. The van der Waals surface area contributed by atoms with Gasteiger partial charge in [0.2, 0.25) is 0 Å². The lowest BCUT2D eigenvalue weighted by Gasteiger charge is -1.97. The topological polar surface area (TPSA) is 0 Å². The molecule has 1 unspecified atom stereocenters. The Hall–Kier alpha value is 0.0300. The quantitative estimate of drug-likeness (QED) is 0.386. The maximum Gasteiger partial charge on any atom is 0.0344 e. The van der Waals surface area contributed by atoms with Gasteiger partial charge >= 0.3 is 0 Å². The minimum atomic E-state index is 0.248. The second-order valence-electron chi connectivity index (χ2n) is 1.94. The van der Waals surface area contributed by atoms with E-state index in [9.17, 15) is 0 Å². The van der Waals surface area contributed by atoms with Gasteiger partial charge in [-0.1, -0.05) is 5.57 Å². The molecule has 42 valence electrons. The van der Waals surface area contributed by atoms with Crippen molar-refractivity contribution in [2.75, 3.05) is 0 Å². The second-order valence-corrected chi connectivity index (χ2v) is 2.69. The number of hydrogen-bond donors (Lipinski definition) is 0. The van der Waals surface area contributed by atoms with Gasteiger partial charge in [0.25, 0.3) is 0 Å². The molecule has 0 saturated heterocycles. The first-order valence-electron chi connectivity index (χ1n) is 2.41. The molecule has 0 nitrogen and oxygen atoms in total. The summed E-state index contributed by atoms with van der Waals surface area (Å²) in [5.74, 6) is 0. The molecule has 0 aromatic rings. The second kappa shape index (κ2) is 3.09. The predicted octanol–water partition coefficient (Wildman–Crippen LogP) is 2.58. The molecule has 0 saturated carbocycles. The van der Waals surface area contributed by atoms with E-state index in [0.717, 1.165) is 12.0 Å². The van der Waals surface area contributed by atoms with Crippen LogP contribution in [-0.2, 0) is 0 Å². The van der Waals surface area contributed by atoms with Crippen molar-refractivity contribution < 1.29 is 0 Å². The van der Waals surface area contributed by atoms with Gasteiger partial charge in [-0.2, -0.15) is 0 Å². The van der Waals surface area contributed by atoms with E-state index in [-0.39, 0.29) is 5.38 Å². The summed E-state index contributed by atoms with van der Waals surface area (Å²) in [6.45, 7) is 7.66. The van der Waals surface area contributed by atoms with Crippen LogP contribution in [0, 0.1) is 0 Å². The van der Waals surface area contributed by atoms with Crippen LogP contribution >= 0.6 is 11.6 Å². The van der Waals surface area contributed by atoms with Gasteiger partial charge in [0.1, 0.15) is 0 Å². The van der Waals surface area contributed by atoms with Crippen molar-refractivity contribution in [2.45, 2.75) is 25.6 Å². The van der Waals surface area contributed by atoms with Crippen molar-refractivity contribution >= 4 is 11.6 Å². The molecule has 0 N–H and O–H groups in total. The Morgan fingerprint density at radius 1 is 1.86 bits per heavy atom. The zero-order chi connectivity index (χ0) is 5.86. The lowest BCUT2D eigenvalue weighted by Crippen LogP contribution is -1.88. The first kappa shape index (κ1) is 7.03. The van der Waals surface area contributed by atoms with Crippen LogP contribution in [0.1, 0.15) is 20.3 Å². The van der Waals surface area contributed by atoms with E-state index in [0.29, 0.717) is 0 Å². The largest absolute Gasteiger partial charge is 0.123 e. The molecule has 0 aliphatic rings. The molecule has 0 fully saturated rings. The van der Waals surface area contributed by atoms with Crippen LogP contribution < -0.4 is 0 Å². The van der Waals surface area contributed by atoms with Crippen LogP contribution in [0.15, 0.2) is 12.2 Å². The van der Waals surface area contributed by atoms with Crippen molar-refractivity contribution in [2.24, 2.45) is 0 Å². The van der Waals surface area contributed by atoms with Crippen LogP contribution in [0.3, 0.4) is 0 Å². The molecular weight excluding hydrogens is 108 g/mol. The van der Waals surface area contributed by atoms with Gasteiger partial charge < -0.3 is 0 Å². The fourth-order valence-corrected chi connectivity index (χ4v) is 0.744. The van der Waals surface area contributed by atoms with Gasteiger partial charge in [0.05, 0.1) is 0 Å². The van der Waals surface area contributed by atoms with Crippen molar-refractivity contribution in [3.63, 3.8) is 0 Å². The van der Waals surface area contributed by atoms with Gasteiger partial charge in [0, 0.05) is 5.38 Å². The molecule has 0 amide bonds. The van der Waals surface area contributed by atoms with Crippen molar-refractivity contribution in [1.82, 2.24) is 0 Å².